The van der Waals surface area contributed by atoms with Crippen molar-refractivity contribution < 1.29 is 0 Å². The maximum atomic E-state index is 6.05. The second-order valence-corrected chi connectivity index (χ2v) is 5.69. The van der Waals surface area contributed by atoms with Gasteiger partial charge in [0.05, 0.1) is 11.4 Å². The summed E-state index contributed by atoms with van der Waals surface area (Å²) in [5, 5.41) is 0. The number of likely N-dealkylation sites (tertiary alicyclic amines) is 1. The Morgan fingerprint density at radius 3 is 2.89 bits per heavy atom. The standard InChI is InChI=1S/C15H25N3/c1-12-4-5-14(16)15(10-12)18(3)9-7-13-6-8-17(2)11-13/h4-5,10,13H,6-9,11,16H2,1-3H3. The van der Waals surface area contributed by atoms with Gasteiger partial charge < -0.3 is 15.5 Å². The van der Waals surface area contributed by atoms with Crippen LogP contribution in [-0.2, 0) is 0 Å². The van der Waals surface area contributed by atoms with E-state index >= 15 is 0 Å². The molecule has 0 amide bonds. The summed E-state index contributed by atoms with van der Waals surface area (Å²) < 4.78 is 0. The summed E-state index contributed by atoms with van der Waals surface area (Å²) in [7, 11) is 4.35. The third kappa shape index (κ3) is 3.16. The predicted octanol–water partition coefficient (Wildman–Crippen LogP) is 2.36. The van der Waals surface area contributed by atoms with Gasteiger partial charge in [-0.05, 0) is 57.0 Å². The van der Waals surface area contributed by atoms with Crippen LogP contribution in [0.2, 0.25) is 0 Å². The molecule has 0 saturated carbocycles. The van der Waals surface area contributed by atoms with Crippen molar-refractivity contribution in [3.05, 3.63) is 23.8 Å². The van der Waals surface area contributed by atoms with Gasteiger partial charge in [-0.2, -0.15) is 0 Å². The third-order valence-electron chi connectivity index (χ3n) is 3.96. The zero-order chi connectivity index (χ0) is 13.1. The van der Waals surface area contributed by atoms with Crippen LogP contribution in [0.4, 0.5) is 11.4 Å². The van der Waals surface area contributed by atoms with Gasteiger partial charge in [0.15, 0.2) is 0 Å². The molecule has 1 heterocycles. The second-order valence-electron chi connectivity index (χ2n) is 5.69. The molecule has 3 heteroatoms. The monoisotopic (exact) mass is 247 g/mol. The molecule has 0 bridgehead atoms. The largest absolute Gasteiger partial charge is 0.397 e. The smallest absolute Gasteiger partial charge is 0.0599 e. The Balaban J connectivity index is 1.91. The molecule has 1 aromatic carbocycles. The van der Waals surface area contributed by atoms with Gasteiger partial charge in [0, 0.05) is 20.1 Å². The summed E-state index contributed by atoms with van der Waals surface area (Å²) in [5.41, 5.74) is 9.37. The minimum atomic E-state index is 0.850. The van der Waals surface area contributed by atoms with Crippen LogP contribution >= 0.6 is 0 Å². The molecule has 1 aliphatic heterocycles. The highest BCUT2D eigenvalue weighted by molar-refractivity contribution is 5.68. The molecule has 1 saturated heterocycles. The molecule has 0 radical (unpaired) electrons. The molecule has 1 unspecified atom stereocenters. The van der Waals surface area contributed by atoms with Crippen LogP contribution in [0.3, 0.4) is 0 Å². The Labute approximate surface area is 111 Å². The summed E-state index contributed by atoms with van der Waals surface area (Å²) in [4.78, 5) is 4.71. The molecule has 1 atom stereocenters. The third-order valence-corrected chi connectivity index (χ3v) is 3.96. The number of nitrogen functional groups attached to an aromatic ring is 1. The SMILES string of the molecule is Cc1ccc(N)c(N(C)CCC2CCN(C)C2)c1. The van der Waals surface area contributed by atoms with Crippen molar-refractivity contribution in [2.24, 2.45) is 5.92 Å². The minimum Gasteiger partial charge on any atom is -0.397 e. The van der Waals surface area contributed by atoms with E-state index in [-0.39, 0.29) is 0 Å². The zero-order valence-electron chi connectivity index (χ0n) is 11.8. The number of hydrogen-bond acceptors (Lipinski definition) is 3. The highest BCUT2D eigenvalue weighted by Gasteiger charge is 2.19. The molecule has 100 valence electrons. The molecule has 1 fully saturated rings. The summed E-state index contributed by atoms with van der Waals surface area (Å²) >= 11 is 0. The first kappa shape index (κ1) is 13.2. The van der Waals surface area contributed by atoms with Crippen molar-refractivity contribution in [2.45, 2.75) is 19.8 Å². The molecule has 1 aromatic rings. The van der Waals surface area contributed by atoms with Crippen LogP contribution in [0.15, 0.2) is 18.2 Å². The number of nitrogens with two attached hydrogens (primary N) is 1. The van der Waals surface area contributed by atoms with Gasteiger partial charge in [-0.3, -0.25) is 0 Å². The van der Waals surface area contributed by atoms with Crippen LogP contribution in [0.25, 0.3) is 0 Å². The van der Waals surface area contributed by atoms with Crippen molar-refractivity contribution in [1.29, 1.82) is 0 Å². The van der Waals surface area contributed by atoms with Crippen LogP contribution in [0, 0.1) is 12.8 Å². The minimum absolute atomic E-state index is 0.850. The fraction of sp³-hybridized carbons (Fsp3) is 0.600. The van der Waals surface area contributed by atoms with E-state index in [0.717, 1.165) is 18.2 Å². The fourth-order valence-corrected chi connectivity index (χ4v) is 2.74. The lowest BCUT2D eigenvalue weighted by Crippen LogP contribution is -2.23. The lowest BCUT2D eigenvalue weighted by atomic mass is 10.0. The Bertz CT molecular complexity index is 403. The van der Waals surface area contributed by atoms with Crippen molar-refractivity contribution in [2.75, 3.05) is 44.4 Å². The topological polar surface area (TPSA) is 32.5 Å². The highest BCUT2D eigenvalue weighted by Crippen LogP contribution is 2.25. The van der Waals surface area contributed by atoms with E-state index in [1.807, 2.05) is 6.07 Å². The highest BCUT2D eigenvalue weighted by atomic mass is 15.1. The zero-order valence-corrected chi connectivity index (χ0v) is 11.8. The van der Waals surface area contributed by atoms with E-state index < -0.39 is 0 Å². The molecule has 1 aliphatic rings. The summed E-state index contributed by atoms with van der Waals surface area (Å²) in [5.74, 6) is 0.850. The van der Waals surface area contributed by atoms with Crippen molar-refractivity contribution in [3.63, 3.8) is 0 Å². The van der Waals surface area contributed by atoms with Crippen molar-refractivity contribution in [3.8, 4) is 0 Å². The van der Waals surface area contributed by atoms with E-state index in [1.165, 1.54) is 37.2 Å². The van der Waals surface area contributed by atoms with E-state index in [9.17, 15) is 0 Å². The number of rotatable bonds is 4. The lowest BCUT2D eigenvalue weighted by Gasteiger charge is -2.23. The summed E-state index contributed by atoms with van der Waals surface area (Å²) in [6.45, 7) is 5.70. The van der Waals surface area contributed by atoms with Gasteiger partial charge in [-0.1, -0.05) is 6.07 Å². The summed E-state index contributed by atoms with van der Waals surface area (Å²) in [6, 6.07) is 6.25. The van der Waals surface area contributed by atoms with Gasteiger partial charge >= 0.3 is 0 Å². The molecular weight excluding hydrogens is 222 g/mol. The van der Waals surface area contributed by atoms with Crippen molar-refractivity contribution >= 4 is 11.4 Å². The van der Waals surface area contributed by atoms with Gasteiger partial charge in [0.1, 0.15) is 0 Å². The number of benzene rings is 1. The molecule has 18 heavy (non-hydrogen) atoms. The van der Waals surface area contributed by atoms with Crippen LogP contribution in [-0.4, -0.2) is 38.6 Å². The molecule has 0 aliphatic carbocycles. The first-order valence-corrected chi connectivity index (χ1v) is 6.82. The average Bonchev–Trinajstić information content (AvgIpc) is 2.75. The Hall–Kier alpha value is -1.22. The van der Waals surface area contributed by atoms with Gasteiger partial charge in [-0.15, -0.1) is 0 Å². The molecular formula is C15H25N3. The number of aryl methyl sites for hydroxylation is 1. The molecule has 3 nitrogen and oxygen atoms in total. The van der Waals surface area contributed by atoms with Crippen LogP contribution < -0.4 is 10.6 Å². The van der Waals surface area contributed by atoms with E-state index in [4.69, 9.17) is 5.73 Å². The van der Waals surface area contributed by atoms with Crippen LogP contribution in [0.1, 0.15) is 18.4 Å². The van der Waals surface area contributed by atoms with Crippen LogP contribution in [0.5, 0.6) is 0 Å². The first-order valence-electron chi connectivity index (χ1n) is 6.82. The Morgan fingerprint density at radius 1 is 1.44 bits per heavy atom. The number of nitrogens with zero attached hydrogens (tertiary/aromatic N) is 2. The number of hydrogen-bond donors (Lipinski definition) is 1. The van der Waals surface area contributed by atoms with Gasteiger partial charge in [-0.25, -0.2) is 0 Å². The Morgan fingerprint density at radius 2 is 2.22 bits per heavy atom. The van der Waals surface area contributed by atoms with E-state index in [1.54, 1.807) is 0 Å². The quantitative estimate of drug-likeness (QED) is 0.829. The Kier molecular flexibility index (Phi) is 4.12. The number of anilines is 2. The van der Waals surface area contributed by atoms with E-state index in [0.29, 0.717) is 0 Å². The van der Waals surface area contributed by atoms with Crippen molar-refractivity contribution in [1.82, 2.24) is 4.90 Å². The normalized spacial score (nSPS) is 20.3. The molecule has 0 aromatic heterocycles. The molecule has 0 spiro atoms. The van der Waals surface area contributed by atoms with Gasteiger partial charge in [0.2, 0.25) is 0 Å². The first-order chi connectivity index (χ1) is 8.56. The second kappa shape index (κ2) is 5.61. The van der Waals surface area contributed by atoms with E-state index in [2.05, 4.69) is 43.0 Å². The lowest BCUT2D eigenvalue weighted by molar-refractivity contribution is 0.389. The van der Waals surface area contributed by atoms with Gasteiger partial charge in [0.25, 0.3) is 0 Å². The molecule has 2 rings (SSSR count). The maximum absolute atomic E-state index is 6.05. The fourth-order valence-electron chi connectivity index (χ4n) is 2.74. The average molecular weight is 247 g/mol. The summed E-state index contributed by atoms with van der Waals surface area (Å²) in [6.07, 6.45) is 2.60. The maximum Gasteiger partial charge on any atom is 0.0599 e. The molecule has 2 N–H and O–H groups in total. The predicted molar refractivity (Wildman–Crippen MR) is 79.1 cm³/mol.